The van der Waals surface area contributed by atoms with Crippen molar-refractivity contribution in [3.8, 4) is 0 Å². The van der Waals surface area contributed by atoms with Crippen LogP contribution in [0.25, 0.3) is 5.78 Å². The van der Waals surface area contributed by atoms with Gasteiger partial charge in [-0.15, -0.1) is 5.10 Å². The highest BCUT2D eigenvalue weighted by molar-refractivity contribution is 5.91. The number of fused-ring (bicyclic) bond motifs is 1. The van der Waals surface area contributed by atoms with Gasteiger partial charge in [0.25, 0.3) is 11.7 Å². The van der Waals surface area contributed by atoms with Crippen LogP contribution in [0.3, 0.4) is 0 Å². The summed E-state index contributed by atoms with van der Waals surface area (Å²) in [6, 6.07) is 1.52. The molecule has 0 radical (unpaired) electrons. The van der Waals surface area contributed by atoms with Crippen molar-refractivity contribution in [1.82, 2.24) is 34.9 Å². The molecule has 21 heavy (non-hydrogen) atoms. The van der Waals surface area contributed by atoms with Gasteiger partial charge in [0.05, 0.1) is 6.04 Å². The lowest BCUT2D eigenvalue weighted by Crippen LogP contribution is -2.29. The maximum absolute atomic E-state index is 12.2. The van der Waals surface area contributed by atoms with Crippen molar-refractivity contribution in [2.75, 3.05) is 0 Å². The maximum Gasteiger partial charge on any atom is 0.291 e. The molecule has 0 bridgehead atoms. The standard InChI is InChI=1S/C13H15N7O/c1-3-9(10-15-7-8(2)16-10)17-12(21)11-18-13-14-5-4-6-20(13)19-11/h4-7,9H,3H2,1-2H3,(H,15,16)(H,17,21). The van der Waals surface area contributed by atoms with E-state index in [1.165, 1.54) is 4.52 Å². The SMILES string of the molecule is CCC(NC(=O)c1nc2ncccn2n1)c1ncc(C)[nH]1. The molecule has 0 spiro atoms. The Morgan fingerprint density at radius 3 is 3.00 bits per heavy atom. The molecule has 1 unspecified atom stereocenters. The largest absolute Gasteiger partial charge is 0.344 e. The lowest BCUT2D eigenvalue weighted by Gasteiger charge is -2.13. The molecule has 108 valence electrons. The highest BCUT2D eigenvalue weighted by Gasteiger charge is 2.19. The van der Waals surface area contributed by atoms with E-state index in [-0.39, 0.29) is 17.8 Å². The second-order valence-electron chi connectivity index (χ2n) is 4.69. The zero-order valence-electron chi connectivity index (χ0n) is 11.7. The van der Waals surface area contributed by atoms with E-state index in [9.17, 15) is 4.79 Å². The summed E-state index contributed by atoms with van der Waals surface area (Å²) in [7, 11) is 0. The zero-order valence-corrected chi connectivity index (χ0v) is 11.7. The molecule has 0 saturated carbocycles. The van der Waals surface area contributed by atoms with Crippen molar-refractivity contribution in [2.24, 2.45) is 0 Å². The second kappa shape index (κ2) is 5.31. The fourth-order valence-corrected chi connectivity index (χ4v) is 2.03. The fraction of sp³-hybridized carbons (Fsp3) is 0.308. The Bertz CT molecular complexity index is 743. The van der Waals surface area contributed by atoms with Crippen molar-refractivity contribution >= 4 is 11.7 Å². The predicted molar refractivity (Wildman–Crippen MR) is 74.6 cm³/mol. The van der Waals surface area contributed by atoms with Gasteiger partial charge in [0, 0.05) is 24.3 Å². The average Bonchev–Trinajstić information content (AvgIpc) is 3.10. The van der Waals surface area contributed by atoms with Crippen molar-refractivity contribution in [2.45, 2.75) is 26.3 Å². The number of nitrogens with one attached hydrogen (secondary N) is 2. The molecular formula is C13H15N7O. The van der Waals surface area contributed by atoms with Crippen molar-refractivity contribution in [3.63, 3.8) is 0 Å². The number of nitrogens with zero attached hydrogens (tertiary/aromatic N) is 5. The molecule has 0 saturated heterocycles. The summed E-state index contributed by atoms with van der Waals surface area (Å²) < 4.78 is 1.47. The summed E-state index contributed by atoms with van der Waals surface area (Å²) >= 11 is 0. The Balaban J connectivity index is 1.81. The third-order valence-corrected chi connectivity index (χ3v) is 3.09. The molecule has 1 atom stereocenters. The first-order valence-electron chi connectivity index (χ1n) is 6.67. The van der Waals surface area contributed by atoms with E-state index < -0.39 is 0 Å². The van der Waals surface area contributed by atoms with Crippen LogP contribution in [-0.4, -0.2) is 35.5 Å². The van der Waals surface area contributed by atoms with Crippen LogP contribution in [0, 0.1) is 6.92 Å². The Kier molecular flexibility index (Phi) is 3.35. The third-order valence-electron chi connectivity index (χ3n) is 3.09. The van der Waals surface area contributed by atoms with Gasteiger partial charge >= 0.3 is 0 Å². The quantitative estimate of drug-likeness (QED) is 0.745. The first kappa shape index (κ1) is 13.2. The minimum atomic E-state index is -0.346. The number of amides is 1. The number of carbonyl (C=O) groups is 1. The van der Waals surface area contributed by atoms with Gasteiger partial charge in [-0.05, 0) is 19.4 Å². The number of aromatic amines is 1. The summed E-state index contributed by atoms with van der Waals surface area (Å²) in [5.41, 5.74) is 0.952. The number of H-pyrrole nitrogens is 1. The van der Waals surface area contributed by atoms with Gasteiger partial charge in [0.15, 0.2) is 0 Å². The van der Waals surface area contributed by atoms with E-state index in [2.05, 4.69) is 30.4 Å². The van der Waals surface area contributed by atoms with Crippen LogP contribution in [0.2, 0.25) is 0 Å². The summed E-state index contributed by atoms with van der Waals surface area (Å²) in [4.78, 5) is 27.8. The smallest absolute Gasteiger partial charge is 0.291 e. The van der Waals surface area contributed by atoms with Crippen LogP contribution in [0.4, 0.5) is 0 Å². The monoisotopic (exact) mass is 285 g/mol. The second-order valence-corrected chi connectivity index (χ2v) is 4.69. The first-order valence-corrected chi connectivity index (χ1v) is 6.67. The van der Waals surface area contributed by atoms with Crippen LogP contribution < -0.4 is 5.32 Å². The molecular weight excluding hydrogens is 270 g/mol. The number of aryl methyl sites for hydroxylation is 1. The van der Waals surface area contributed by atoms with Gasteiger partial charge in [0.2, 0.25) is 5.82 Å². The van der Waals surface area contributed by atoms with E-state index in [4.69, 9.17) is 0 Å². The summed E-state index contributed by atoms with van der Waals surface area (Å²) in [6.07, 6.45) is 5.74. The first-order chi connectivity index (χ1) is 10.2. The number of rotatable bonds is 4. The van der Waals surface area contributed by atoms with Gasteiger partial charge < -0.3 is 10.3 Å². The van der Waals surface area contributed by atoms with E-state index in [0.717, 1.165) is 11.5 Å². The minimum absolute atomic E-state index is 0.0930. The van der Waals surface area contributed by atoms with Crippen LogP contribution in [0.1, 0.15) is 41.5 Å². The van der Waals surface area contributed by atoms with Crippen LogP contribution in [0.5, 0.6) is 0 Å². The molecule has 3 heterocycles. The molecule has 8 nitrogen and oxygen atoms in total. The number of hydrogen-bond acceptors (Lipinski definition) is 5. The van der Waals surface area contributed by atoms with Crippen LogP contribution in [0.15, 0.2) is 24.7 Å². The molecule has 0 aliphatic heterocycles. The summed E-state index contributed by atoms with van der Waals surface area (Å²) in [6.45, 7) is 3.89. The van der Waals surface area contributed by atoms with E-state index >= 15 is 0 Å². The maximum atomic E-state index is 12.2. The summed E-state index contributed by atoms with van der Waals surface area (Å²) in [5.74, 6) is 0.867. The Morgan fingerprint density at radius 2 is 2.33 bits per heavy atom. The Hall–Kier alpha value is -2.77. The number of imidazole rings is 1. The summed E-state index contributed by atoms with van der Waals surface area (Å²) in [5, 5.41) is 6.97. The van der Waals surface area contributed by atoms with Gasteiger partial charge in [-0.2, -0.15) is 4.98 Å². The Labute approximate surface area is 120 Å². The van der Waals surface area contributed by atoms with Gasteiger partial charge in [0.1, 0.15) is 5.82 Å². The van der Waals surface area contributed by atoms with Crippen molar-refractivity contribution in [3.05, 3.63) is 42.0 Å². The van der Waals surface area contributed by atoms with E-state index in [1.807, 2.05) is 13.8 Å². The minimum Gasteiger partial charge on any atom is -0.344 e. The number of carbonyl (C=O) groups excluding carboxylic acids is 1. The molecule has 3 aromatic heterocycles. The molecule has 0 aliphatic carbocycles. The molecule has 8 heteroatoms. The molecule has 0 fully saturated rings. The normalized spacial score (nSPS) is 12.5. The van der Waals surface area contributed by atoms with E-state index in [0.29, 0.717) is 12.2 Å². The predicted octanol–water partition coefficient (Wildman–Crippen LogP) is 1.04. The van der Waals surface area contributed by atoms with Gasteiger partial charge in [-0.1, -0.05) is 6.92 Å². The molecule has 3 rings (SSSR count). The number of aromatic nitrogens is 6. The van der Waals surface area contributed by atoms with E-state index in [1.54, 1.807) is 24.7 Å². The average molecular weight is 285 g/mol. The fourth-order valence-electron chi connectivity index (χ4n) is 2.03. The molecule has 1 amide bonds. The Morgan fingerprint density at radius 1 is 1.48 bits per heavy atom. The molecule has 0 aliphatic rings. The van der Waals surface area contributed by atoms with Crippen LogP contribution >= 0.6 is 0 Å². The van der Waals surface area contributed by atoms with Gasteiger partial charge in [-0.25, -0.2) is 14.5 Å². The van der Waals surface area contributed by atoms with Gasteiger partial charge in [-0.3, -0.25) is 4.79 Å². The lowest BCUT2D eigenvalue weighted by molar-refractivity contribution is 0.0923. The number of hydrogen-bond donors (Lipinski definition) is 2. The van der Waals surface area contributed by atoms with Crippen LogP contribution in [-0.2, 0) is 0 Å². The van der Waals surface area contributed by atoms with Crippen molar-refractivity contribution < 1.29 is 4.79 Å². The third kappa shape index (κ3) is 2.60. The highest BCUT2D eigenvalue weighted by Crippen LogP contribution is 2.13. The van der Waals surface area contributed by atoms with Crippen molar-refractivity contribution in [1.29, 1.82) is 0 Å². The molecule has 3 aromatic rings. The lowest BCUT2D eigenvalue weighted by atomic mass is 10.2. The topological polar surface area (TPSA) is 101 Å². The highest BCUT2D eigenvalue weighted by atomic mass is 16.2. The molecule has 2 N–H and O–H groups in total. The molecule has 0 aromatic carbocycles. The zero-order chi connectivity index (χ0) is 14.8.